The van der Waals surface area contributed by atoms with Gasteiger partial charge in [0.2, 0.25) is 5.91 Å². The molecule has 132 valence electrons. The second-order valence-electron chi connectivity index (χ2n) is 6.19. The van der Waals surface area contributed by atoms with Crippen molar-refractivity contribution in [3.8, 4) is 0 Å². The molecule has 0 bridgehead atoms. The summed E-state index contributed by atoms with van der Waals surface area (Å²) < 4.78 is 5.58. The van der Waals surface area contributed by atoms with Crippen LogP contribution in [-0.2, 0) is 9.53 Å². The van der Waals surface area contributed by atoms with Crippen molar-refractivity contribution in [1.82, 2.24) is 15.5 Å². The van der Waals surface area contributed by atoms with E-state index in [9.17, 15) is 4.79 Å². The second kappa shape index (κ2) is 11.5. The average Bonchev–Trinajstić information content (AvgIpc) is 2.94. The quantitative estimate of drug-likeness (QED) is 0.759. The van der Waals surface area contributed by atoms with Gasteiger partial charge in [-0.3, -0.25) is 4.79 Å². The number of amides is 1. The van der Waals surface area contributed by atoms with Crippen molar-refractivity contribution in [3.05, 3.63) is 0 Å². The van der Waals surface area contributed by atoms with Crippen molar-refractivity contribution in [2.45, 2.75) is 57.7 Å². The molecule has 2 N–H and O–H groups in total. The average molecular weight is 356 g/mol. The largest absolute Gasteiger partial charge is 0.377 e. The maximum Gasteiger partial charge on any atom is 0.237 e. The molecule has 2 heterocycles. The highest BCUT2D eigenvalue weighted by Gasteiger charge is 2.26. The third-order valence-corrected chi connectivity index (χ3v) is 4.17. The van der Waals surface area contributed by atoms with E-state index in [4.69, 9.17) is 4.74 Å². The highest BCUT2D eigenvalue weighted by Crippen LogP contribution is 2.12. The van der Waals surface area contributed by atoms with Crippen LogP contribution in [-0.4, -0.2) is 61.8 Å². The monoisotopic (exact) mass is 355 g/mol. The van der Waals surface area contributed by atoms with Crippen molar-refractivity contribution >= 4 is 30.7 Å². The number of piperidine rings is 1. The van der Waals surface area contributed by atoms with Gasteiger partial charge >= 0.3 is 0 Å². The van der Waals surface area contributed by atoms with Gasteiger partial charge in [-0.05, 0) is 46.1 Å². The third kappa shape index (κ3) is 7.47. The Bertz CT molecular complexity index is 305. The van der Waals surface area contributed by atoms with Crippen LogP contribution in [0, 0.1) is 0 Å². The van der Waals surface area contributed by atoms with E-state index >= 15 is 0 Å². The topological polar surface area (TPSA) is 53.6 Å². The van der Waals surface area contributed by atoms with E-state index in [0.717, 1.165) is 58.5 Å². The Morgan fingerprint density at radius 2 is 1.95 bits per heavy atom. The molecule has 7 heteroatoms. The highest BCUT2D eigenvalue weighted by atomic mass is 35.5. The minimum atomic E-state index is 0. The Labute approximate surface area is 146 Å². The first-order valence-corrected chi connectivity index (χ1v) is 8.03. The number of ether oxygens (including phenoxy) is 1. The van der Waals surface area contributed by atoms with Gasteiger partial charge in [0.25, 0.3) is 0 Å². The van der Waals surface area contributed by atoms with E-state index in [-0.39, 0.29) is 36.8 Å². The molecule has 0 aliphatic carbocycles. The van der Waals surface area contributed by atoms with Crippen molar-refractivity contribution in [1.29, 1.82) is 0 Å². The number of carbonyl (C=O) groups excluding carboxylic acids is 1. The number of halogens is 2. The molecular formula is C15H31Cl2N3O2. The van der Waals surface area contributed by atoms with Crippen molar-refractivity contribution in [3.63, 3.8) is 0 Å². The molecule has 1 amide bonds. The van der Waals surface area contributed by atoms with Gasteiger partial charge in [-0.25, -0.2) is 0 Å². The predicted octanol–water partition coefficient (Wildman–Crippen LogP) is 1.59. The van der Waals surface area contributed by atoms with Gasteiger partial charge in [0.05, 0.1) is 18.8 Å². The highest BCUT2D eigenvalue weighted by molar-refractivity contribution is 5.85. The molecule has 2 aliphatic heterocycles. The zero-order valence-electron chi connectivity index (χ0n) is 13.7. The van der Waals surface area contributed by atoms with Gasteiger partial charge in [-0.2, -0.15) is 0 Å². The molecule has 2 saturated heterocycles. The molecule has 0 radical (unpaired) electrons. The van der Waals surface area contributed by atoms with Crippen LogP contribution >= 0.6 is 24.8 Å². The number of carbonyl (C=O) groups is 1. The number of nitrogens with one attached hydrogen (secondary N) is 2. The minimum absolute atomic E-state index is 0. The lowest BCUT2D eigenvalue weighted by Gasteiger charge is -2.32. The summed E-state index contributed by atoms with van der Waals surface area (Å²) in [6.07, 6.45) is 4.52. The SMILES string of the molecule is CC(C)OCCN1CCC(NC(=O)[C@@H]2CCCN2)CC1.Cl.Cl. The van der Waals surface area contributed by atoms with Crippen LogP contribution in [0.5, 0.6) is 0 Å². The van der Waals surface area contributed by atoms with E-state index in [1.165, 1.54) is 0 Å². The van der Waals surface area contributed by atoms with Gasteiger partial charge in [0.1, 0.15) is 0 Å². The molecule has 0 saturated carbocycles. The summed E-state index contributed by atoms with van der Waals surface area (Å²) in [5.74, 6) is 0.198. The van der Waals surface area contributed by atoms with Crippen molar-refractivity contribution in [2.24, 2.45) is 0 Å². The van der Waals surface area contributed by atoms with E-state index in [0.29, 0.717) is 12.1 Å². The first kappa shape index (κ1) is 21.9. The van der Waals surface area contributed by atoms with Crippen LogP contribution in [0.3, 0.4) is 0 Å². The molecule has 0 aromatic heterocycles. The van der Waals surface area contributed by atoms with Gasteiger partial charge in [0, 0.05) is 25.7 Å². The zero-order valence-corrected chi connectivity index (χ0v) is 15.3. The standard InChI is InChI=1S/C15H29N3O2.2ClH/c1-12(2)20-11-10-18-8-5-13(6-9-18)17-15(19)14-4-3-7-16-14;;/h12-14,16H,3-11H2,1-2H3,(H,17,19);2*1H/t14-;;/m0../s1. The van der Waals surface area contributed by atoms with Gasteiger partial charge < -0.3 is 20.3 Å². The van der Waals surface area contributed by atoms with Gasteiger partial charge in [-0.15, -0.1) is 24.8 Å². The maximum atomic E-state index is 12.0. The first-order chi connectivity index (χ1) is 9.65. The summed E-state index contributed by atoms with van der Waals surface area (Å²) >= 11 is 0. The maximum absolute atomic E-state index is 12.0. The minimum Gasteiger partial charge on any atom is -0.377 e. The van der Waals surface area contributed by atoms with Crippen molar-refractivity contribution in [2.75, 3.05) is 32.8 Å². The molecule has 1 atom stereocenters. The normalized spacial score (nSPS) is 23.0. The molecule has 0 aromatic rings. The Morgan fingerprint density at radius 1 is 1.27 bits per heavy atom. The molecule has 2 fully saturated rings. The summed E-state index contributed by atoms with van der Waals surface area (Å²) in [6.45, 7) is 9.04. The number of nitrogens with zero attached hydrogens (tertiary/aromatic N) is 1. The van der Waals surface area contributed by atoms with Crippen LogP contribution in [0.1, 0.15) is 39.5 Å². The van der Waals surface area contributed by atoms with Crippen LogP contribution in [0.25, 0.3) is 0 Å². The molecule has 22 heavy (non-hydrogen) atoms. The molecule has 0 aromatic carbocycles. The molecule has 2 aliphatic rings. The summed E-state index contributed by atoms with van der Waals surface area (Å²) in [5, 5.41) is 6.45. The fraction of sp³-hybridized carbons (Fsp3) is 0.933. The molecule has 0 spiro atoms. The molecule has 5 nitrogen and oxygen atoms in total. The van der Waals surface area contributed by atoms with Crippen LogP contribution in [0.15, 0.2) is 0 Å². The Morgan fingerprint density at radius 3 is 2.50 bits per heavy atom. The fourth-order valence-electron chi connectivity index (χ4n) is 2.93. The number of hydrogen-bond donors (Lipinski definition) is 2. The van der Waals surface area contributed by atoms with Crippen molar-refractivity contribution < 1.29 is 9.53 Å². The van der Waals surface area contributed by atoms with Crippen LogP contribution in [0.2, 0.25) is 0 Å². The summed E-state index contributed by atoms with van der Waals surface area (Å²) in [6, 6.07) is 0.402. The molecule has 2 rings (SSSR count). The first-order valence-electron chi connectivity index (χ1n) is 8.03. The van der Waals surface area contributed by atoms with E-state index in [2.05, 4.69) is 29.4 Å². The zero-order chi connectivity index (χ0) is 14.4. The Hall–Kier alpha value is -0.0700. The number of rotatable bonds is 6. The van der Waals surface area contributed by atoms with E-state index in [1.54, 1.807) is 0 Å². The third-order valence-electron chi connectivity index (χ3n) is 4.17. The lowest BCUT2D eigenvalue weighted by atomic mass is 10.0. The van der Waals surface area contributed by atoms with E-state index < -0.39 is 0 Å². The predicted molar refractivity (Wildman–Crippen MR) is 94.2 cm³/mol. The van der Waals surface area contributed by atoms with E-state index in [1.807, 2.05) is 0 Å². The van der Waals surface area contributed by atoms with Gasteiger partial charge in [-0.1, -0.05) is 0 Å². The number of hydrogen-bond acceptors (Lipinski definition) is 4. The van der Waals surface area contributed by atoms with Crippen LogP contribution < -0.4 is 10.6 Å². The number of likely N-dealkylation sites (tertiary alicyclic amines) is 1. The molecule has 0 unspecified atom stereocenters. The molecular weight excluding hydrogens is 325 g/mol. The summed E-state index contributed by atoms with van der Waals surface area (Å²) in [5.41, 5.74) is 0. The lowest BCUT2D eigenvalue weighted by Crippen LogP contribution is -2.49. The van der Waals surface area contributed by atoms with Crippen LogP contribution in [0.4, 0.5) is 0 Å². The van der Waals surface area contributed by atoms with Gasteiger partial charge in [0.15, 0.2) is 0 Å². The second-order valence-corrected chi connectivity index (χ2v) is 6.19. The Balaban J connectivity index is 0.00000220. The smallest absolute Gasteiger partial charge is 0.237 e. The summed E-state index contributed by atoms with van der Waals surface area (Å²) in [7, 11) is 0. The fourth-order valence-corrected chi connectivity index (χ4v) is 2.93. The lowest BCUT2D eigenvalue weighted by molar-refractivity contribution is -0.123. The Kier molecular flexibility index (Phi) is 11.4. The summed E-state index contributed by atoms with van der Waals surface area (Å²) in [4.78, 5) is 14.5.